The maximum Gasteiger partial charge on any atom is 0.0359 e. The summed E-state index contributed by atoms with van der Waals surface area (Å²) in [6.45, 7) is 7.86. The SMILES string of the molecule is CCCNC(c1cc(C)sc1C)C1CC1. The van der Waals surface area contributed by atoms with Gasteiger partial charge in [-0.3, -0.25) is 0 Å². The molecule has 0 radical (unpaired) electrons. The van der Waals surface area contributed by atoms with Gasteiger partial charge in [-0.1, -0.05) is 6.92 Å². The molecule has 1 nitrogen and oxygen atoms in total. The lowest BCUT2D eigenvalue weighted by atomic mass is 10.0. The zero-order valence-electron chi connectivity index (χ0n) is 9.97. The molecule has 0 bridgehead atoms. The Morgan fingerprint density at radius 2 is 2.20 bits per heavy atom. The topological polar surface area (TPSA) is 12.0 Å². The summed E-state index contributed by atoms with van der Waals surface area (Å²) >= 11 is 1.94. The molecule has 15 heavy (non-hydrogen) atoms. The molecule has 1 aliphatic rings. The second kappa shape index (κ2) is 4.67. The maximum atomic E-state index is 3.71. The molecule has 0 saturated heterocycles. The van der Waals surface area contributed by atoms with Gasteiger partial charge in [0.2, 0.25) is 0 Å². The van der Waals surface area contributed by atoms with Crippen molar-refractivity contribution >= 4 is 11.3 Å². The number of rotatable bonds is 5. The van der Waals surface area contributed by atoms with E-state index in [0.717, 1.165) is 12.5 Å². The molecule has 1 fully saturated rings. The maximum absolute atomic E-state index is 3.71. The van der Waals surface area contributed by atoms with Gasteiger partial charge in [0.1, 0.15) is 0 Å². The van der Waals surface area contributed by atoms with Crippen molar-refractivity contribution in [1.82, 2.24) is 5.32 Å². The fourth-order valence-electron chi connectivity index (χ4n) is 2.22. The van der Waals surface area contributed by atoms with Crippen molar-refractivity contribution in [2.24, 2.45) is 5.92 Å². The van der Waals surface area contributed by atoms with Gasteiger partial charge in [-0.05, 0) is 57.2 Å². The number of nitrogens with one attached hydrogen (secondary N) is 1. The van der Waals surface area contributed by atoms with E-state index in [9.17, 15) is 0 Å². The van der Waals surface area contributed by atoms with Gasteiger partial charge in [-0.2, -0.15) is 0 Å². The number of aryl methyl sites for hydroxylation is 2. The molecule has 1 aromatic heterocycles. The van der Waals surface area contributed by atoms with Crippen LogP contribution in [0.3, 0.4) is 0 Å². The van der Waals surface area contributed by atoms with Crippen LogP contribution in [-0.2, 0) is 0 Å². The van der Waals surface area contributed by atoms with Crippen LogP contribution in [0.15, 0.2) is 6.07 Å². The third-order valence-corrected chi connectivity index (χ3v) is 4.10. The Hall–Kier alpha value is -0.340. The smallest absolute Gasteiger partial charge is 0.0359 e. The molecular weight excluding hydrogens is 202 g/mol. The molecule has 0 amide bonds. The van der Waals surface area contributed by atoms with Gasteiger partial charge in [0.05, 0.1) is 0 Å². The van der Waals surface area contributed by atoms with Crippen LogP contribution in [0.25, 0.3) is 0 Å². The minimum Gasteiger partial charge on any atom is -0.310 e. The normalized spacial score (nSPS) is 18.1. The fourth-order valence-corrected chi connectivity index (χ4v) is 3.19. The molecule has 0 aliphatic heterocycles. The van der Waals surface area contributed by atoms with Crippen molar-refractivity contribution in [3.63, 3.8) is 0 Å². The second-order valence-corrected chi connectivity index (χ2v) is 6.10. The molecule has 0 spiro atoms. The van der Waals surface area contributed by atoms with Crippen LogP contribution in [0, 0.1) is 19.8 Å². The van der Waals surface area contributed by atoms with Crippen molar-refractivity contribution in [3.8, 4) is 0 Å². The zero-order valence-corrected chi connectivity index (χ0v) is 10.8. The average molecular weight is 223 g/mol. The van der Waals surface area contributed by atoms with E-state index >= 15 is 0 Å². The van der Waals surface area contributed by atoms with E-state index in [0.29, 0.717) is 6.04 Å². The molecular formula is C13H21NS. The van der Waals surface area contributed by atoms with Crippen molar-refractivity contribution in [2.45, 2.75) is 46.1 Å². The summed E-state index contributed by atoms with van der Waals surface area (Å²) in [5.41, 5.74) is 1.56. The van der Waals surface area contributed by atoms with Gasteiger partial charge in [0.15, 0.2) is 0 Å². The van der Waals surface area contributed by atoms with Gasteiger partial charge < -0.3 is 5.32 Å². The van der Waals surface area contributed by atoms with Gasteiger partial charge in [0.25, 0.3) is 0 Å². The molecule has 1 aliphatic carbocycles. The fraction of sp³-hybridized carbons (Fsp3) is 0.692. The average Bonchev–Trinajstić information content (AvgIpc) is 2.95. The van der Waals surface area contributed by atoms with E-state index in [4.69, 9.17) is 0 Å². The summed E-state index contributed by atoms with van der Waals surface area (Å²) in [6, 6.07) is 3.01. The Balaban J connectivity index is 2.12. The van der Waals surface area contributed by atoms with Crippen LogP contribution < -0.4 is 5.32 Å². The van der Waals surface area contributed by atoms with Gasteiger partial charge in [-0.25, -0.2) is 0 Å². The van der Waals surface area contributed by atoms with Crippen molar-refractivity contribution in [1.29, 1.82) is 0 Å². The summed E-state index contributed by atoms with van der Waals surface area (Å²) < 4.78 is 0. The van der Waals surface area contributed by atoms with E-state index in [1.54, 1.807) is 5.56 Å². The Morgan fingerprint density at radius 1 is 1.47 bits per heavy atom. The number of hydrogen-bond donors (Lipinski definition) is 1. The first-order valence-corrected chi connectivity index (χ1v) is 6.84. The number of hydrogen-bond acceptors (Lipinski definition) is 2. The van der Waals surface area contributed by atoms with Crippen LogP contribution >= 0.6 is 11.3 Å². The summed E-state index contributed by atoms with van der Waals surface area (Å²) in [7, 11) is 0. The first-order chi connectivity index (χ1) is 7.22. The Morgan fingerprint density at radius 3 is 2.67 bits per heavy atom. The lowest BCUT2D eigenvalue weighted by Crippen LogP contribution is -2.23. The van der Waals surface area contributed by atoms with Crippen LogP contribution in [0.2, 0.25) is 0 Å². The Kier molecular flexibility index (Phi) is 3.47. The lowest BCUT2D eigenvalue weighted by molar-refractivity contribution is 0.480. The third-order valence-electron chi connectivity index (χ3n) is 3.12. The monoisotopic (exact) mass is 223 g/mol. The second-order valence-electron chi connectivity index (χ2n) is 4.64. The first-order valence-electron chi connectivity index (χ1n) is 6.02. The molecule has 84 valence electrons. The van der Waals surface area contributed by atoms with Gasteiger partial charge in [-0.15, -0.1) is 11.3 Å². The van der Waals surface area contributed by atoms with Crippen molar-refractivity contribution < 1.29 is 0 Å². The van der Waals surface area contributed by atoms with E-state index in [1.165, 1.54) is 29.0 Å². The highest BCUT2D eigenvalue weighted by Gasteiger charge is 2.33. The highest BCUT2D eigenvalue weighted by molar-refractivity contribution is 7.12. The van der Waals surface area contributed by atoms with Crippen LogP contribution in [0.1, 0.15) is 47.5 Å². The summed E-state index contributed by atoms with van der Waals surface area (Å²) in [5, 5.41) is 3.71. The zero-order chi connectivity index (χ0) is 10.8. The van der Waals surface area contributed by atoms with Crippen LogP contribution in [-0.4, -0.2) is 6.54 Å². The molecule has 1 unspecified atom stereocenters. The van der Waals surface area contributed by atoms with Crippen LogP contribution in [0.5, 0.6) is 0 Å². The van der Waals surface area contributed by atoms with Crippen molar-refractivity contribution in [2.75, 3.05) is 6.54 Å². The van der Waals surface area contributed by atoms with E-state index in [2.05, 4.69) is 32.2 Å². The Bertz CT molecular complexity index is 325. The number of thiophene rings is 1. The molecule has 1 aromatic rings. The molecule has 0 aromatic carbocycles. The molecule has 1 N–H and O–H groups in total. The Labute approximate surface area is 96.9 Å². The lowest BCUT2D eigenvalue weighted by Gasteiger charge is -2.18. The minimum absolute atomic E-state index is 0.634. The highest BCUT2D eigenvalue weighted by Crippen LogP contribution is 2.43. The molecule has 2 heteroatoms. The predicted octanol–water partition coefficient (Wildman–Crippen LogP) is 3.82. The first kappa shape index (κ1) is 11.2. The van der Waals surface area contributed by atoms with Gasteiger partial charge >= 0.3 is 0 Å². The molecule has 1 atom stereocenters. The third kappa shape index (κ3) is 2.61. The van der Waals surface area contributed by atoms with Crippen molar-refractivity contribution in [3.05, 3.63) is 21.4 Å². The summed E-state index contributed by atoms with van der Waals surface area (Å²) in [4.78, 5) is 2.96. The molecule has 1 heterocycles. The highest BCUT2D eigenvalue weighted by atomic mass is 32.1. The van der Waals surface area contributed by atoms with E-state index < -0.39 is 0 Å². The minimum atomic E-state index is 0.634. The quantitative estimate of drug-likeness (QED) is 0.800. The van der Waals surface area contributed by atoms with E-state index in [1.807, 2.05) is 11.3 Å². The molecule has 2 rings (SSSR count). The summed E-state index contributed by atoms with van der Waals surface area (Å²) in [6.07, 6.45) is 4.05. The standard InChI is InChI=1S/C13H21NS/c1-4-7-14-13(11-5-6-11)12-8-9(2)15-10(12)3/h8,11,13-14H,4-7H2,1-3H3. The predicted molar refractivity (Wildman–Crippen MR) is 67.6 cm³/mol. The largest absolute Gasteiger partial charge is 0.310 e. The molecule has 1 saturated carbocycles. The van der Waals surface area contributed by atoms with E-state index in [-0.39, 0.29) is 0 Å². The summed E-state index contributed by atoms with van der Waals surface area (Å²) in [5.74, 6) is 0.907. The van der Waals surface area contributed by atoms with Gasteiger partial charge in [0, 0.05) is 15.8 Å². The van der Waals surface area contributed by atoms with Crippen LogP contribution in [0.4, 0.5) is 0 Å².